The summed E-state index contributed by atoms with van der Waals surface area (Å²) in [6, 6.07) is 3.58. The molecule has 0 bridgehead atoms. The fourth-order valence-electron chi connectivity index (χ4n) is 3.55. The normalized spacial score (nSPS) is 17.5. The third-order valence-corrected chi connectivity index (χ3v) is 5.11. The van der Waals surface area contributed by atoms with Gasteiger partial charge in [-0.1, -0.05) is 12.5 Å². The summed E-state index contributed by atoms with van der Waals surface area (Å²) in [5.41, 5.74) is 0.168. The molecule has 0 aliphatic heterocycles. The second-order valence-corrected chi connectivity index (χ2v) is 8.61. The molecule has 1 fully saturated rings. The molecule has 0 aromatic heterocycles. The summed E-state index contributed by atoms with van der Waals surface area (Å²) in [4.78, 5) is 24.4. The fourth-order valence-corrected chi connectivity index (χ4v) is 3.55. The van der Waals surface area contributed by atoms with E-state index < -0.39 is 29.8 Å². The first kappa shape index (κ1) is 23.0. The van der Waals surface area contributed by atoms with E-state index in [0.29, 0.717) is 11.7 Å². The number of halogens is 1. The van der Waals surface area contributed by atoms with E-state index in [-0.39, 0.29) is 11.7 Å². The minimum Gasteiger partial charge on any atom is -0.496 e. The largest absolute Gasteiger partial charge is 0.496 e. The number of hydrogen-bond acceptors (Lipinski definition) is 5. The van der Waals surface area contributed by atoms with Gasteiger partial charge in [0.25, 0.3) is 0 Å². The first-order valence-electron chi connectivity index (χ1n) is 10.0. The van der Waals surface area contributed by atoms with Crippen LogP contribution in [-0.4, -0.2) is 36.9 Å². The van der Waals surface area contributed by atoms with E-state index in [1.165, 1.54) is 19.2 Å². The molecule has 0 unspecified atom stereocenters. The molecule has 1 aromatic carbocycles. The molecule has 2 rings (SSSR count). The summed E-state index contributed by atoms with van der Waals surface area (Å²) in [5, 5.41) is 2.50. The molecule has 1 amide bonds. The predicted molar refractivity (Wildman–Crippen MR) is 107 cm³/mol. The van der Waals surface area contributed by atoms with Crippen LogP contribution in [0.2, 0.25) is 0 Å². The zero-order valence-corrected chi connectivity index (χ0v) is 18.1. The number of esters is 1. The quantitative estimate of drug-likeness (QED) is 0.668. The van der Waals surface area contributed by atoms with Crippen molar-refractivity contribution in [2.75, 3.05) is 7.11 Å². The molecule has 7 heteroatoms. The van der Waals surface area contributed by atoms with Crippen LogP contribution >= 0.6 is 0 Å². The van der Waals surface area contributed by atoms with Crippen molar-refractivity contribution in [2.45, 2.75) is 77.5 Å². The average molecular weight is 409 g/mol. The number of nitrogens with one attached hydrogen (secondary N) is 1. The van der Waals surface area contributed by atoms with Gasteiger partial charge in [-0.3, -0.25) is 0 Å². The van der Waals surface area contributed by atoms with Gasteiger partial charge >= 0.3 is 12.1 Å². The molecule has 162 valence electrons. The molecule has 1 aliphatic rings. The number of benzene rings is 1. The van der Waals surface area contributed by atoms with Crippen LogP contribution in [0.25, 0.3) is 0 Å². The Morgan fingerprint density at radius 3 is 2.38 bits per heavy atom. The second kappa shape index (κ2) is 9.46. The third kappa shape index (κ3) is 6.34. The van der Waals surface area contributed by atoms with Crippen LogP contribution in [0.3, 0.4) is 0 Å². The lowest BCUT2D eigenvalue weighted by Crippen LogP contribution is -2.44. The van der Waals surface area contributed by atoms with Crippen LogP contribution in [-0.2, 0) is 14.3 Å². The Morgan fingerprint density at radius 1 is 1.21 bits per heavy atom. The van der Waals surface area contributed by atoms with E-state index in [9.17, 15) is 14.0 Å². The highest BCUT2D eigenvalue weighted by molar-refractivity contribution is 5.81. The number of ether oxygens (including phenoxy) is 3. The maximum atomic E-state index is 13.6. The van der Waals surface area contributed by atoms with Crippen LogP contribution in [0, 0.1) is 11.7 Å². The molecule has 1 aromatic rings. The molecule has 1 saturated carbocycles. The van der Waals surface area contributed by atoms with Crippen molar-refractivity contribution in [3.8, 4) is 5.75 Å². The topological polar surface area (TPSA) is 73.9 Å². The monoisotopic (exact) mass is 409 g/mol. The molecule has 1 aliphatic carbocycles. The lowest BCUT2D eigenvalue weighted by molar-refractivity contribution is -0.152. The van der Waals surface area contributed by atoms with Gasteiger partial charge in [-0.25, -0.2) is 14.0 Å². The van der Waals surface area contributed by atoms with Crippen molar-refractivity contribution >= 4 is 12.1 Å². The van der Waals surface area contributed by atoms with E-state index >= 15 is 0 Å². The van der Waals surface area contributed by atoms with E-state index in [1.807, 2.05) is 6.92 Å². The molecule has 6 nitrogen and oxygen atoms in total. The Morgan fingerprint density at radius 2 is 1.86 bits per heavy atom. The molecule has 0 saturated heterocycles. The van der Waals surface area contributed by atoms with Crippen molar-refractivity contribution < 1.29 is 28.2 Å². The maximum Gasteiger partial charge on any atom is 0.408 e. The van der Waals surface area contributed by atoms with Gasteiger partial charge in [0, 0.05) is 17.5 Å². The number of alkyl carbamates (subject to hydrolysis) is 1. The lowest BCUT2D eigenvalue weighted by atomic mass is 9.70. The Balaban J connectivity index is 2.09. The third-order valence-electron chi connectivity index (χ3n) is 5.11. The van der Waals surface area contributed by atoms with Crippen molar-refractivity contribution in [1.82, 2.24) is 5.32 Å². The molecule has 29 heavy (non-hydrogen) atoms. The summed E-state index contributed by atoms with van der Waals surface area (Å²) in [5.74, 6) is -0.264. The van der Waals surface area contributed by atoms with Gasteiger partial charge in [-0.2, -0.15) is 0 Å². The molecular formula is C22H32FNO5. The summed E-state index contributed by atoms with van der Waals surface area (Å²) in [6.07, 6.45) is 2.00. The van der Waals surface area contributed by atoms with Gasteiger partial charge in [0.05, 0.1) is 7.11 Å². The van der Waals surface area contributed by atoms with Gasteiger partial charge in [0.1, 0.15) is 29.3 Å². The molecule has 0 spiro atoms. The lowest BCUT2D eigenvalue weighted by Gasteiger charge is -2.38. The standard InChI is InChI=1S/C22H32FNO5/c1-13(24-21(26)29-22(3,4)5)20(25)28-14(2)19(15-8-7-9-15)17-11-10-16(23)12-18(17)27-6/h10-15,19H,7-9H2,1-6H3,(H,24,26)/t13-,14-,19-/m0/s1. The summed E-state index contributed by atoms with van der Waals surface area (Å²) < 4.78 is 29.9. The van der Waals surface area contributed by atoms with E-state index in [2.05, 4.69) is 5.32 Å². The molecule has 1 N–H and O–H groups in total. The molecule has 0 heterocycles. The Labute approximate surface area is 172 Å². The first-order chi connectivity index (χ1) is 13.5. The molecule has 0 radical (unpaired) electrons. The van der Waals surface area contributed by atoms with Crippen molar-refractivity contribution in [1.29, 1.82) is 0 Å². The first-order valence-corrected chi connectivity index (χ1v) is 10.0. The van der Waals surface area contributed by atoms with Crippen LogP contribution in [0.5, 0.6) is 5.75 Å². The van der Waals surface area contributed by atoms with Crippen molar-refractivity contribution in [3.63, 3.8) is 0 Å². The number of carbonyl (C=O) groups excluding carboxylic acids is 2. The summed E-state index contributed by atoms with van der Waals surface area (Å²) >= 11 is 0. The van der Waals surface area contributed by atoms with Gasteiger partial charge in [0.2, 0.25) is 0 Å². The van der Waals surface area contributed by atoms with Crippen LogP contribution < -0.4 is 10.1 Å². The Bertz CT molecular complexity index is 726. The van der Waals surface area contributed by atoms with Crippen LogP contribution in [0.4, 0.5) is 9.18 Å². The van der Waals surface area contributed by atoms with Gasteiger partial charge in [-0.05, 0) is 59.4 Å². The van der Waals surface area contributed by atoms with Crippen molar-refractivity contribution in [3.05, 3.63) is 29.6 Å². The van der Waals surface area contributed by atoms with E-state index in [1.54, 1.807) is 33.8 Å². The number of carbonyl (C=O) groups is 2. The number of methoxy groups -OCH3 is 1. The smallest absolute Gasteiger partial charge is 0.408 e. The Hall–Kier alpha value is -2.31. The van der Waals surface area contributed by atoms with Crippen LogP contribution in [0.1, 0.15) is 65.4 Å². The zero-order valence-electron chi connectivity index (χ0n) is 18.1. The average Bonchev–Trinajstić information content (AvgIpc) is 2.56. The fraction of sp³-hybridized carbons (Fsp3) is 0.636. The maximum absolute atomic E-state index is 13.6. The SMILES string of the molecule is COc1cc(F)ccc1[C@H](C1CCC1)[C@H](C)OC(=O)[C@H](C)NC(=O)OC(C)(C)C. The van der Waals surface area contributed by atoms with Gasteiger partial charge in [-0.15, -0.1) is 0 Å². The van der Waals surface area contributed by atoms with E-state index in [0.717, 1.165) is 24.8 Å². The van der Waals surface area contributed by atoms with E-state index in [4.69, 9.17) is 14.2 Å². The van der Waals surface area contributed by atoms with Gasteiger partial charge in [0.15, 0.2) is 0 Å². The Kier molecular flexibility index (Phi) is 7.49. The summed E-state index contributed by atoms with van der Waals surface area (Å²) in [6.45, 7) is 8.62. The van der Waals surface area contributed by atoms with Crippen LogP contribution in [0.15, 0.2) is 18.2 Å². The highest BCUT2D eigenvalue weighted by Crippen LogP contribution is 2.45. The zero-order chi connectivity index (χ0) is 21.8. The molecule has 3 atom stereocenters. The second-order valence-electron chi connectivity index (χ2n) is 8.61. The minimum atomic E-state index is -0.857. The number of hydrogen-bond donors (Lipinski definition) is 1. The van der Waals surface area contributed by atoms with Gasteiger partial charge < -0.3 is 19.5 Å². The summed E-state index contributed by atoms with van der Waals surface area (Å²) in [7, 11) is 1.50. The number of amides is 1. The van der Waals surface area contributed by atoms with Crippen molar-refractivity contribution in [2.24, 2.45) is 5.92 Å². The molecular weight excluding hydrogens is 377 g/mol. The highest BCUT2D eigenvalue weighted by atomic mass is 19.1. The number of rotatable bonds is 7. The predicted octanol–water partition coefficient (Wildman–Crippen LogP) is 4.56. The highest BCUT2D eigenvalue weighted by Gasteiger charge is 2.37. The minimum absolute atomic E-state index is 0.114.